The number of carbonyl (C=O) groups excluding carboxylic acids is 1. The molecule has 0 unspecified atom stereocenters. The average Bonchev–Trinajstić information content (AvgIpc) is 2.60. The third kappa shape index (κ3) is 2.65. The number of benzene rings is 1. The van der Waals surface area contributed by atoms with E-state index in [1.54, 1.807) is 25.4 Å². The maximum Gasteiger partial charge on any atom is 0.259 e. The van der Waals surface area contributed by atoms with E-state index in [4.69, 9.17) is 4.74 Å². The number of hydrogen-bond donors (Lipinski definition) is 0. The van der Waals surface area contributed by atoms with E-state index < -0.39 is 0 Å². The van der Waals surface area contributed by atoms with Crippen molar-refractivity contribution in [3.05, 3.63) is 59.3 Å². The van der Waals surface area contributed by atoms with Gasteiger partial charge in [0.05, 0.1) is 7.11 Å². The highest BCUT2D eigenvalue weighted by Crippen LogP contribution is 2.26. The lowest BCUT2D eigenvalue weighted by atomic mass is 9.96. The minimum atomic E-state index is 0.00797. The minimum absolute atomic E-state index is 0.00797. The second-order valence-corrected chi connectivity index (χ2v) is 6.41. The van der Waals surface area contributed by atoms with Gasteiger partial charge < -0.3 is 9.64 Å². The number of hydrogen-bond acceptors (Lipinski definition) is 4. The van der Waals surface area contributed by atoms with E-state index in [9.17, 15) is 4.79 Å². The summed E-state index contributed by atoms with van der Waals surface area (Å²) in [6.45, 7) is 3.61. The van der Waals surface area contributed by atoms with Crippen molar-refractivity contribution in [2.75, 3.05) is 26.7 Å². The Kier molecular flexibility index (Phi) is 3.94. The molecular formula is C19H21N3O2. The van der Waals surface area contributed by atoms with Gasteiger partial charge in [0.1, 0.15) is 5.56 Å². The third-order valence-corrected chi connectivity index (χ3v) is 5.02. The Morgan fingerprint density at radius 3 is 2.75 bits per heavy atom. The molecule has 124 valence electrons. The molecule has 2 aromatic rings. The summed E-state index contributed by atoms with van der Waals surface area (Å²) in [6, 6.07) is 12.6. The minimum Gasteiger partial charge on any atom is -0.480 e. The quantitative estimate of drug-likeness (QED) is 0.866. The predicted molar refractivity (Wildman–Crippen MR) is 91.0 cm³/mol. The summed E-state index contributed by atoms with van der Waals surface area (Å²) < 4.78 is 5.20. The second-order valence-electron chi connectivity index (χ2n) is 6.41. The summed E-state index contributed by atoms with van der Waals surface area (Å²) in [5.74, 6) is 0.409. The van der Waals surface area contributed by atoms with Crippen LogP contribution in [0.3, 0.4) is 0 Å². The van der Waals surface area contributed by atoms with Crippen LogP contribution in [-0.4, -0.2) is 53.5 Å². The molecule has 0 bridgehead atoms. The highest BCUT2D eigenvalue weighted by molar-refractivity contribution is 5.96. The van der Waals surface area contributed by atoms with Crippen LogP contribution in [0.4, 0.5) is 0 Å². The highest BCUT2D eigenvalue weighted by atomic mass is 16.5. The fourth-order valence-electron chi connectivity index (χ4n) is 3.57. The molecule has 24 heavy (non-hydrogen) atoms. The van der Waals surface area contributed by atoms with Gasteiger partial charge in [-0.25, -0.2) is 4.98 Å². The molecule has 1 saturated heterocycles. The summed E-state index contributed by atoms with van der Waals surface area (Å²) in [4.78, 5) is 21.1. The van der Waals surface area contributed by atoms with Gasteiger partial charge in [-0.3, -0.25) is 9.69 Å². The van der Waals surface area contributed by atoms with Crippen molar-refractivity contribution >= 4 is 5.91 Å². The topological polar surface area (TPSA) is 45.7 Å². The zero-order valence-corrected chi connectivity index (χ0v) is 13.8. The Balaban J connectivity index is 1.39. The van der Waals surface area contributed by atoms with Gasteiger partial charge in [-0.05, 0) is 29.7 Å². The van der Waals surface area contributed by atoms with Gasteiger partial charge in [-0.2, -0.15) is 0 Å². The lowest BCUT2D eigenvalue weighted by Crippen LogP contribution is -2.61. The lowest BCUT2D eigenvalue weighted by molar-refractivity contribution is 0.0216. The molecular weight excluding hydrogens is 302 g/mol. The molecule has 4 rings (SSSR count). The van der Waals surface area contributed by atoms with Crippen LogP contribution >= 0.6 is 0 Å². The standard InChI is InChI=1S/C19H21N3O2/c1-24-18-17(7-4-9-20-18)19(23)22-12-16(13-22)21-10-8-14-5-2-3-6-15(14)11-21/h2-7,9,16H,8,10-13H2,1H3. The van der Waals surface area contributed by atoms with E-state index in [-0.39, 0.29) is 5.91 Å². The van der Waals surface area contributed by atoms with Gasteiger partial charge in [-0.15, -0.1) is 0 Å². The monoisotopic (exact) mass is 323 g/mol. The van der Waals surface area contributed by atoms with Crippen LogP contribution < -0.4 is 4.74 Å². The van der Waals surface area contributed by atoms with Crippen LogP contribution in [-0.2, 0) is 13.0 Å². The Morgan fingerprint density at radius 1 is 1.17 bits per heavy atom. The number of aromatic nitrogens is 1. The molecule has 0 spiro atoms. The molecule has 2 aliphatic heterocycles. The first kappa shape index (κ1) is 15.1. The number of rotatable bonds is 3. The molecule has 2 aliphatic rings. The summed E-state index contributed by atoms with van der Waals surface area (Å²) in [5.41, 5.74) is 3.42. The first-order valence-electron chi connectivity index (χ1n) is 8.35. The molecule has 5 heteroatoms. The Bertz CT molecular complexity index is 756. The molecule has 5 nitrogen and oxygen atoms in total. The van der Waals surface area contributed by atoms with Gasteiger partial charge in [0.15, 0.2) is 0 Å². The fraction of sp³-hybridized carbons (Fsp3) is 0.368. The average molecular weight is 323 g/mol. The molecule has 1 amide bonds. The van der Waals surface area contributed by atoms with Crippen LogP contribution in [0.2, 0.25) is 0 Å². The van der Waals surface area contributed by atoms with Gasteiger partial charge >= 0.3 is 0 Å². The number of likely N-dealkylation sites (tertiary alicyclic amines) is 1. The molecule has 0 radical (unpaired) electrons. The van der Waals surface area contributed by atoms with Crippen molar-refractivity contribution in [2.24, 2.45) is 0 Å². The van der Waals surface area contributed by atoms with Crippen LogP contribution in [0, 0.1) is 0 Å². The van der Waals surface area contributed by atoms with E-state index >= 15 is 0 Å². The van der Waals surface area contributed by atoms with Crippen molar-refractivity contribution in [1.29, 1.82) is 0 Å². The SMILES string of the molecule is COc1ncccc1C(=O)N1CC(N2CCc3ccccc3C2)C1. The van der Waals surface area contributed by atoms with Crippen molar-refractivity contribution in [1.82, 2.24) is 14.8 Å². The van der Waals surface area contributed by atoms with E-state index in [1.165, 1.54) is 11.1 Å². The van der Waals surface area contributed by atoms with E-state index in [0.717, 1.165) is 32.6 Å². The number of nitrogens with zero attached hydrogens (tertiary/aromatic N) is 3. The van der Waals surface area contributed by atoms with Crippen molar-refractivity contribution < 1.29 is 9.53 Å². The van der Waals surface area contributed by atoms with Crippen LogP contribution in [0.15, 0.2) is 42.6 Å². The molecule has 3 heterocycles. The van der Waals surface area contributed by atoms with E-state index in [0.29, 0.717) is 17.5 Å². The summed E-state index contributed by atoms with van der Waals surface area (Å²) in [6.07, 6.45) is 2.73. The number of carbonyl (C=O) groups is 1. The molecule has 0 saturated carbocycles. The first-order chi connectivity index (χ1) is 11.8. The number of pyridine rings is 1. The maximum atomic E-state index is 12.6. The van der Waals surface area contributed by atoms with Crippen LogP contribution in [0.1, 0.15) is 21.5 Å². The van der Waals surface area contributed by atoms with Gasteiger partial charge in [0.2, 0.25) is 5.88 Å². The van der Waals surface area contributed by atoms with Crippen LogP contribution in [0.25, 0.3) is 0 Å². The molecule has 0 aliphatic carbocycles. The van der Waals surface area contributed by atoms with Crippen molar-refractivity contribution in [3.63, 3.8) is 0 Å². The molecule has 0 atom stereocenters. The van der Waals surface area contributed by atoms with Gasteiger partial charge in [0, 0.05) is 38.4 Å². The second kappa shape index (κ2) is 6.24. The zero-order valence-electron chi connectivity index (χ0n) is 13.8. The van der Waals surface area contributed by atoms with Crippen molar-refractivity contribution in [2.45, 2.75) is 19.0 Å². The number of ether oxygens (including phenoxy) is 1. The Hall–Kier alpha value is -2.40. The van der Waals surface area contributed by atoms with Gasteiger partial charge in [0.25, 0.3) is 5.91 Å². The van der Waals surface area contributed by atoms with Crippen LogP contribution in [0.5, 0.6) is 5.88 Å². The number of amides is 1. The smallest absolute Gasteiger partial charge is 0.259 e. The predicted octanol–water partition coefficient (Wildman–Crippen LogP) is 1.97. The number of methoxy groups -OCH3 is 1. The Labute approximate surface area is 141 Å². The zero-order chi connectivity index (χ0) is 16.5. The first-order valence-corrected chi connectivity index (χ1v) is 8.35. The van der Waals surface area contributed by atoms with E-state index in [1.807, 2.05) is 4.90 Å². The van der Waals surface area contributed by atoms with Crippen molar-refractivity contribution in [3.8, 4) is 5.88 Å². The molecule has 1 aromatic heterocycles. The highest BCUT2D eigenvalue weighted by Gasteiger charge is 2.37. The normalized spacial score (nSPS) is 18.0. The lowest BCUT2D eigenvalue weighted by Gasteiger charge is -2.47. The summed E-state index contributed by atoms with van der Waals surface area (Å²) in [7, 11) is 1.54. The third-order valence-electron chi connectivity index (χ3n) is 5.02. The molecule has 1 fully saturated rings. The summed E-state index contributed by atoms with van der Waals surface area (Å²) in [5, 5.41) is 0. The Morgan fingerprint density at radius 2 is 1.96 bits per heavy atom. The van der Waals surface area contributed by atoms with Gasteiger partial charge in [-0.1, -0.05) is 24.3 Å². The maximum absolute atomic E-state index is 12.6. The fourth-order valence-corrected chi connectivity index (χ4v) is 3.57. The summed E-state index contributed by atoms with van der Waals surface area (Å²) >= 11 is 0. The molecule has 0 N–H and O–H groups in total. The van der Waals surface area contributed by atoms with E-state index in [2.05, 4.69) is 34.1 Å². The largest absolute Gasteiger partial charge is 0.480 e. The number of fused-ring (bicyclic) bond motifs is 1. The molecule has 1 aromatic carbocycles.